The summed E-state index contributed by atoms with van der Waals surface area (Å²) >= 11 is 0. The van der Waals surface area contributed by atoms with E-state index >= 15 is 0 Å². The Morgan fingerprint density at radius 1 is 1.03 bits per heavy atom. The number of rotatable bonds is 11. The molecule has 38 heavy (non-hydrogen) atoms. The number of nitrogens with one attached hydrogen (secondary N) is 2. The Morgan fingerprint density at radius 2 is 1.63 bits per heavy atom. The van der Waals surface area contributed by atoms with Crippen molar-refractivity contribution in [2.75, 3.05) is 0 Å². The van der Waals surface area contributed by atoms with E-state index < -0.39 is 54.0 Å². The number of alkyl carbamates (subject to hydrolysis) is 1. The van der Waals surface area contributed by atoms with Crippen molar-refractivity contribution in [1.29, 1.82) is 0 Å². The molecule has 2 aromatic rings. The number of nitrogens with two attached hydrogens (primary N) is 1. The van der Waals surface area contributed by atoms with Crippen LogP contribution in [0.5, 0.6) is 5.75 Å². The van der Waals surface area contributed by atoms with Gasteiger partial charge in [0.2, 0.25) is 17.7 Å². The minimum Gasteiger partial charge on any atom is -0.508 e. The molecule has 0 radical (unpaired) electrons. The van der Waals surface area contributed by atoms with E-state index in [-0.39, 0.29) is 12.3 Å². The first-order valence-corrected chi connectivity index (χ1v) is 12.5. The topological polar surface area (TPSA) is 151 Å². The van der Waals surface area contributed by atoms with Crippen LogP contribution in [0.15, 0.2) is 54.6 Å². The third-order valence-corrected chi connectivity index (χ3v) is 5.76. The lowest BCUT2D eigenvalue weighted by molar-refractivity contribution is -0.146. The summed E-state index contributed by atoms with van der Waals surface area (Å²) in [6.45, 7) is 8.84. The van der Waals surface area contributed by atoms with Gasteiger partial charge in [-0.1, -0.05) is 49.4 Å². The molecule has 0 bridgehead atoms. The van der Waals surface area contributed by atoms with Gasteiger partial charge in [-0.2, -0.15) is 0 Å². The van der Waals surface area contributed by atoms with Crippen LogP contribution in [-0.2, 0) is 25.7 Å². The van der Waals surface area contributed by atoms with Gasteiger partial charge in [-0.15, -0.1) is 0 Å². The molecule has 0 spiro atoms. The minimum absolute atomic E-state index is 0.00296. The van der Waals surface area contributed by atoms with Crippen molar-refractivity contribution in [2.45, 2.75) is 77.7 Å². The molecule has 4 amide bonds. The number of amides is 4. The normalized spacial score (nSPS) is 13.5. The van der Waals surface area contributed by atoms with E-state index in [1.165, 1.54) is 17.0 Å². The van der Waals surface area contributed by atoms with Crippen molar-refractivity contribution in [3.05, 3.63) is 65.7 Å². The lowest BCUT2D eigenvalue weighted by atomic mass is 9.99. The van der Waals surface area contributed by atoms with Crippen LogP contribution >= 0.6 is 0 Å². The summed E-state index contributed by atoms with van der Waals surface area (Å²) in [6.07, 6.45) is -0.906. The summed E-state index contributed by atoms with van der Waals surface area (Å²) in [7, 11) is 0. The number of phenols is 1. The predicted molar refractivity (Wildman–Crippen MR) is 143 cm³/mol. The van der Waals surface area contributed by atoms with Crippen LogP contribution in [0.25, 0.3) is 0 Å². The maximum atomic E-state index is 14.0. The maximum Gasteiger partial charge on any atom is 0.408 e. The molecule has 0 saturated heterocycles. The fraction of sp³-hybridized carbons (Fsp3) is 0.429. The fourth-order valence-electron chi connectivity index (χ4n) is 3.80. The first-order chi connectivity index (χ1) is 17.8. The molecule has 206 valence electrons. The van der Waals surface area contributed by atoms with E-state index in [2.05, 4.69) is 10.6 Å². The second-order valence-corrected chi connectivity index (χ2v) is 10.1. The molecular formula is C28H38N4O6. The Kier molecular flexibility index (Phi) is 10.7. The molecule has 0 fully saturated rings. The molecule has 2 aromatic carbocycles. The van der Waals surface area contributed by atoms with E-state index in [1.807, 2.05) is 37.3 Å². The molecule has 10 heteroatoms. The predicted octanol–water partition coefficient (Wildman–Crippen LogP) is 3.15. The third kappa shape index (κ3) is 9.10. The van der Waals surface area contributed by atoms with Crippen molar-refractivity contribution >= 4 is 23.8 Å². The Bertz CT molecular complexity index is 1100. The van der Waals surface area contributed by atoms with Crippen LogP contribution in [0.3, 0.4) is 0 Å². The molecule has 5 N–H and O–H groups in total. The molecule has 0 aromatic heterocycles. The Labute approximate surface area is 223 Å². The summed E-state index contributed by atoms with van der Waals surface area (Å²) < 4.78 is 5.28. The zero-order chi connectivity index (χ0) is 28.5. The molecule has 2 rings (SSSR count). The molecule has 0 aliphatic carbocycles. The minimum atomic E-state index is -1.36. The van der Waals surface area contributed by atoms with E-state index in [0.717, 1.165) is 5.56 Å². The lowest BCUT2D eigenvalue weighted by Gasteiger charge is -2.38. The standard InChI is InChI=1S/C28H38N4O6/c1-6-18(2)32(26(36)22(16-23(29)34)31-27(37)38-28(3,4)5)24(20-12-14-21(33)15-13-20)25(35)30-17-19-10-8-7-9-11-19/h7-15,18,22,24,33H,6,16-17H2,1-5H3,(H2,29,34)(H,30,35)(H,31,37). The Hall–Kier alpha value is -4.08. The molecule has 0 saturated carbocycles. The van der Waals surface area contributed by atoms with E-state index in [0.29, 0.717) is 12.0 Å². The van der Waals surface area contributed by atoms with Crippen molar-refractivity contribution in [3.63, 3.8) is 0 Å². The summed E-state index contributed by atoms with van der Waals surface area (Å²) in [5, 5.41) is 15.1. The zero-order valence-electron chi connectivity index (χ0n) is 22.6. The van der Waals surface area contributed by atoms with Gasteiger partial charge in [-0.05, 0) is 57.4 Å². The summed E-state index contributed by atoms with van der Waals surface area (Å²) in [5.41, 5.74) is 5.88. The highest BCUT2D eigenvalue weighted by molar-refractivity contribution is 5.94. The van der Waals surface area contributed by atoms with Gasteiger partial charge in [0.05, 0.1) is 6.42 Å². The van der Waals surface area contributed by atoms with E-state index in [1.54, 1.807) is 39.8 Å². The second kappa shape index (κ2) is 13.5. The Morgan fingerprint density at radius 3 is 2.16 bits per heavy atom. The Balaban J connectivity index is 2.49. The molecule has 0 aliphatic heterocycles. The summed E-state index contributed by atoms with van der Waals surface area (Å²) in [6, 6.07) is 12.3. The maximum absolute atomic E-state index is 14.0. The summed E-state index contributed by atoms with van der Waals surface area (Å²) in [4.78, 5) is 53.3. The number of phenolic OH excluding ortho intramolecular Hbond substituents is 1. The monoisotopic (exact) mass is 526 g/mol. The summed E-state index contributed by atoms with van der Waals surface area (Å²) in [5.74, 6) is -1.95. The van der Waals surface area contributed by atoms with Gasteiger partial charge in [-0.3, -0.25) is 14.4 Å². The number of ether oxygens (including phenoxy) is 1. The molecular weight excluding hydrogens is 488 g/mol. The number of hydrogen-bond acceptors (Lipinski definition) is 6. The van der Waals surface area contributed by atoms with Gasteiger partial charge in [0.1, 0.15) is 23.4 Å². The molecule has 0 heterocycles. The molecule has 3 unspecified atom stereocenters. The molecule has 10 nitrogen and oxygen atoms in total. The number of carbonyl (C=O) groups is 4. The fourth-order valence-corrected chi connectivity index (χ4v) is 3.80. The van der Waals surface area contributed by atoms with Crippen LogP contribution in [0.1, 0.15) is 64.6 Å². The zero-order valence-corrected chi connectivity index (χ0v) is 22.6. The van der Waals surface area contributed by atoms with Crippen molar-refractivity contribution in [2.24, 2.45) is 5.73 Å². The van der Waals surface area contributed by atoms with Crippen molar-refractivity contribution < 1.29 is 29.0 Å². The number of primary amides is 1. The molecule has 3 atom stereocenters. The number of nitrogens with zero attached hydrogens (tertiary/aromatic N) is 1. The number of benzene rings is 2. The van der Waals surface area contributed by atoms with Gasteiger partial charge in [-0.25, -0.2) is 4.79 Å². The third-order valence-electron chi connectivity index (χ3n) is 5.76. The molecule has 0 aliphatic rings. The largest absolute Gasteiger partial charge is 0.508 e. The van der Waals surface area contributed by atoms with Crippen LogP contribution in [-0.4, -0.2) is 51.5 Å². The smallest absolute Gasteiger partial charge is 0.408 e. The number of aromatic hydroxyl groups is 1. The average Bonchev–Trinajstić information content (AvgIpc) is 2.84. The second-order valence-electron chi connectivity index (χ2n) is 10.1. The van der Waals surface area contributed by atoms with Gasteiger partial charge >= 0.3 is 6.09 Å². The SMILES string of the molecule is CCC(C)N(C(=O)C(CC(N)=O)NC(=O)OC(C)(C)C)C(C(=O)NCc1ccccc1)c1ccc(O)cc1. The highest BCUT2D eigenvalue weighted by Gasteiger charge is 2.39. The van der Waals surface area contributed by atoms with Crippen LogP contribution in [0.2, 0.25) is 0 Å². The van der Waals surface area contributed by atoms with Gasteiger partial charge < -0.3 is 31.1 Å². The average molecular weight is 527 g/mol. The van der Waals surface area contributed by atoms with Crippen molar-refractivity contribution in [3.8, 4) is 5.75 Å². The van der Waals surface area contributed by atoms with Gasteiger partial charge in [0.25, 0.3) is 0 Å². The first kappa shape index (κ1) is 30.1. The van der Waals surface area contributed by atoms with Crippen molar-refractivity contribution in [1.82, 2.24) is 15.5 Å². The number of hydrogen-bond donors (Lipinski definition) is 4. The van der Waals surface area contributed by atoms with Gasteiger partial charge in [0, 0.05) is 12.6 Å². The quantitative estimate of drug-likeness (QED) is 0.353. The van der Waals surface area contributed by atoms with Crippen LogP contribution in [0.4, 0.5) is 4.79 Å². The highest BCUT2D eigenvalue weighted by Crippen LogP contribution is 2.28. The van der Waals surface area contributed by atoms with Gasteiger partial charge in [0.15, 0.2) is 0 Å². The van der Waals surface area contributed by atoms with E-state index in [4.69, 9.17) is 10.5 Å². The highest BCUT2D eigenvalue weighted by atomic mass is 16.6. The van der Waals surface area contributed by atoms with Crippen LogP contribution in [0, 0.1) is 0 Å². The van der Waals surface area contributed by atoms with Crippen LogP contribution < -0.4 is 16.4 Å². The lowest BCUT2D eigenvalue weighted by Crippen LogP contribution is -2.56. The number of carbonyl (C=O) groups excluding carboxylic acids is 4. The first-order valence-electron chi connectivity index (χ1n) is 12.5. The van der Waals surface area contributed by atoms with E-state index in [9.17, 15) is 24.3 Å².